The molecule has 2 unspecified atom stereocenters. The van der Waals surface area contributed by atoms with Crippen molar-refractivity contribution in [2.24, 2.45) is 0 Å². The second-order valence-corrected chi connectivity index (χ2v) is 24.9. The molecule has 3 aromatic heterocycles. The molecule has 3 heterocycles. The average Bonchev–Trinajstić information content (AvgIpc) is 1.31. The molecule has 3 aliphatic carbocycles. The van der Waals surface area contributed by atoms with Gasteiger partial charge < -0.3 is 0 Å². The zero-order valence-electron chi connectivity index (χ0n) is 50.1. The summed E-state index contributed by atoms with van der Waals surface area (Å²) in [5.74, 6) is -0.472. The molecule has 17 aromatic rings. The second-order valence-electron chi connectivity index (χ2n) is 24.9. The summed E-state index contributed by atoms with van der Waals surface area (Å²) in [5, 5.41) is 10.3. The Morgan fingerprint density at radius 3 is 1.12 bits per heavy atom. The maximum Gasteiger partial charge on any atom is 0.160 e. The van der Waals surface area contributed by atoms with E-state index < -0.39 is 0 Å². The number of hydrogen-bond donors (Lipinski definition) is 0. The number of rotatable bonds is 8. The third kappa shape index (κ3) is 8.33. The highest BCUT2D eigenvalue weighted by molar-refractivity contribution is 6.19. The molecule has 0 fully saturated rings. The van der Waals surface area contributed by atoms with Crippen molar-refractivity contribution in [1.82, 2.24) is 15.0 Å². The van der Waals surface area contributed by atoms with Gasteiger partial charge in [0.2, 0.25) is 0 Å². The van der Waals surface area contributed by atoms with Crippen molar-refractivity contribution in [2.75, 3.05) is 0 Å². The monoisotopic (exact) mass is 1170 g/mol. The number of fused-ring (bicyclic) bond motifs is 8. The first kappa shape index (κ1) is 52.1. The van der Waals surface area contributed by atoms with Crippen LogP contribution in [0.25, 0.3) is 154 Å². The van der Waals surface area contributed by atoms with E-state index in [9.17, 15) is 0 Å². The standard InChI is InChI=1S/C89H55N3/c1-7-20-54(21-8-1)58-34-38-62(39-35-58)86-84-81-66-33-19-32-65(46-66)80(82(84)75-49-64-42-43-67-47-70(56-24-11-3-12-25-56)51-72(60-28-15-5-16-29-60)78(67)74(64)53-77(75)90-86)85-83(81)76-50-69-45-44-68-48-71(57-26-13-4-14-27-57)52-73(61-30-17-6-18-31-61)79(68)88(69)92-89(76)91-87(85)63-40-36-59(37-41-63)55-22-9-2-10-23-55/h1-53,80-81H. The molecular formula is C89H55N3. The van der Waals surface area contributed by atoms with E-state index in [1.165, 1.54) is 99.4 Å². The summed E-state index contributed by atoms with van der Waals surface area (Å²) >= 11 is 0. The molecule has 3 heteroatoms. The first-order valence-electron chi connectivity index (χ1n) is 31.9. The fraction of sp³-hybridized carbons (Fsp3) is 0.0225. The Kier molecular flexibility index (Phi) is 11.8. The van der Waals surface area contributed by atoms with Crippen LogP contribution in [0.4, 0.5) is 0 Å². The van der Waals surface area contributed by atoms with Gasteiger partial charge in [0, 0.05) is 44.5 Å². The lowest BCUT2D eigenvalue weighted by atomic mass is 9.68. The van der Waals surface area contributed by atoms with Crippen LogP contribution in [-0.2, 0) is 0 Å². The molecule has 0 N–H and O–H groups in total. The predicted molar refractivity (Wildman–Crippen MR) is 383 cm³/mol. The highest BCUT2D eigenvalue weighted by Crippen LogP contribution is 2.60. The molecule has 0 spiro atoms. The SMILES string of the molecule is c1ccc(-c2ccc(-c3nc4cc5c(ccc6cc(-c7ccccc7)cc(-c7ccccc7)c65)cc4c4c3C3c5cccc(c5)C4c4c(-c5ccc(-c6ccccc6)cc5)nc5nc6c(ccc7cc(-c8ccccc8)cc(-c8ccccc8)c76)cc5c43)cc2)cc1. The zero-order chi connectivity index (χ0) is 60.4. The minimum atomic E-state index is -0.242. The van der Waals surface area contributed by atoms with Gasteiger partial charge in [0.05, 0.1) is 22.4 Å². The molecule has 3 aliphatic rings. The number of pyridine rings is 3. The molecule has 0 amide bonds. The van der Waals surface area contributed by atoms with Crippen LogP contribution in [0.5, 0.6) is 0 Å². The molecule has 0 aliphatic heterocycles. The van der Waals surface area contributed by atoms with E-state index in [0.717, 1.165) is 88.4 Å². The predicted octanol–water partition coefficient (Wildman–Crippen LogP) is 23.1. The van der Waals surface area contributed by atoms with Crippen molar-refractivity contribution < 1.29 is 0 Å². The Balaban J connectivity index is 0.922. The molecule has 0 radical (unpaired) electrons. The van der Waals surface area contributed by atoms with Gasteiger partial charge in [0.1, 0.15) is 0 Å². The summed E-state index contributed by atoms with van der Waals surface area (Å²) in [6.45, 7) is 0. The Bertz CT molecular complexity index is 5450. The molecule has 92 heavy (non-hydrogen) atoms. The molecule has 14 aromatic carbocycles. The van der Waals surface area contributed by atoms with Crippen LogP contribution >= 0.6 is 0 Å². The van der Waals surface area contributed by atoms with E-state index in [0.29, 0.717) is 0 Å². The highest BCUT2D eigenvalue weighted by atomic mass is 14.9. The van der Waals surface area contributed by atoms with Gasteiger partial charge in [-0.05, 0) is 170 Å². The normalized spacial score (nSPS) is 13.9. The summed E-state index contributed by atoms with van der Waals surface area (Å²) < 4.78 is 0. The Hall–Kier alpha value is -11.9. The molecule has 3 nitrogen and oxygen atoms in total. The Morgan fingerprint density at radius 1 is 0.217 bits per heavy atom. The summed E-state index contributed by atoms with van der Waals surface area (Å²) in [5.41, 5.74) is 28.2. The van der Waals surface area contributed by atoms with Gasteiger partial charge in [-0.25, -0.2) is 15.0 Å². The lowest BCUT2D eigenvalue weighted by Gasteiger charge is -2.36. The number of aromatic nitrogens is 3. The largest absolute Gasteiger partial charge is 0.247 e. The quantitative estimate of drug-likeness (QED) is 0.112. The van der Waals surface area contributed by atoms with Gasteiger partial charge in [-0.2, -0.15) is 0 Å². The van der Waals surface area contributed by atoms with E-state index in [2.05, 4.69) is 322 Å². The van der Waals surface area contributed by atoms with Crippen LogP contribution in [0.2, 0.25) is 0 Å². The Labute approximate surface area is 532 Å². The lowest BCUT2D eigenvalue weighted by Crippen LogP contribution is -2.21. The van der Waals surface area contributed by atoms with Gasteiger partial charge >= 0.3 is 0 Å². The van der Waals surface area contributed by atoms with Crippen molar-refractivity contribution in [3.63, 3.8) is 0 Å². The summed E-state index contributed by atoms with van der Waals surface area (Å²) in [7, 11) is 0. The third-order valence-electron chi connectivity index (χ3n) is 19.7. The van der Waals surface area contributed by atoms with Crippen molar-refractivity contribution in [3.8, 4) is 89.3 Å². The maximum atomic E-state index is 6.08. The van der Waals surface area contributed by atoms with Crippen LogP contribution in [0.15, 0.2) is 322 Å². The van der Waals surface area contributed by atoms with E-state index in [4.69, 9.17) is 15.0 Å². The van der Waals surface area contributed by atoms with Crippen LogP contribution in [0.1, 0.15) is 45.2 Å². The van der Waals surface area contributed by atoms with Gasteiger partial charge in [0.15, 0.2) is 5.65 Å². The first-order chi connectivity index (χ1) is 45.6. The number of benzene rings is 14. The third-order valence-corrected chi connectivity index (χ3v) is 19.7. The first-order valence-corrected chi connectivity index (χ1v) is 31.9. The van der Waals surface area contributed by atoms with Crippen molar-refractivity contribution in [3.05, 3.63) is 355 Å². The fourth-order valence-electron chi connectivity index (χ4n) is 15.5. The van der Waals surface area contributed by atoms with E-state index in [-0.39, 0.29) is 11.8 Å². The van der Waals surface area contributed by atoms with Crippen LogP contribution in [0.3, 0.4) is 0 Å². The molecule has 0 saturated heterocycles. The molecular weight excluding hydrogens is 1110 g/mol. The summed E-state index contributed by atoms with van der Waals surface area (Å²) in [6.07, 6.45) is 0. The molecule has 2 atom stereocenters. The topological polar surface area (TPSA) is 38.7 Å². The molecule has 20 rings (SSSR count). The molecule has 4 bridgehead atoms. The van der Waals surface area contributed by atoms with E-state index in [1.807, 2.05) is 0 Å². The van der Waals surface area contributed by atoms with Gasteiger partial charge in [0.25, 0.3) is 0 Å². The number of hydrogen-bond acceptors (Lipinski definition) is 3. The van der Waals surface area contributed by atoms with Crippen LogP contribution in [0, 0.1) is 0 Å². The number of nitrogens with zero attached hydrogens (tertiary/aromatic N) is 3. The lowest BCUT2D eigenvalue weighted by molar-refractivity contribution is 0.861. The maximum absolute atomic E-state index is 6.08. The van der Waals surface area contributed by atoms with Gasteiger partial charge in [-0.1, -0.05) is 279 Å². The highest BCUT2D eigenvalue weighted by Gasteiger charge is 2.44. The van der Waals surface area contributed by atoms with Gasteiger partial charge in [-0.15, -0.1) is 0 Å². The summed E-state index contributed by atoms with van der Waals surface area (Å²) in [4.78, 5) is 18.0. The van der Waals surface area contributed by atoms with E-state index >= 15 is 0 Å². The summed E-state index contributed by atoms with van der Waals surface area (Å²) in [6, 6.07) is 118. The van der Waals surface area contributed by atoms with Crippen LogP contribution in [-0.4, -0.2) is 15.0 Å². The van der Waals surface area contributed by atoms with E-state index in [1.54, 1.807) is 0 Å². The van der Waals surface area contributed by atoms with Crippen molar-refractivity contribution >= 4 is 65.2 Å². The smallest absolute Gasteiger partial charge is 0.160 e. The van der Waals surface area contributed by atoms with Crippen LogP contribution < -0.4 is 0 Å². The van der Waals surface area contributed by atoms with Crippen molar-refractivity contribution in [1.29, 1.82) is 0 Å². The fourth-order valence-corrected chi connectivity index (χ4v) is 15.5. The molecule has 426 valence electrons. The average molecular weight is 1170 g/mol. The zero-order valence-corrected chi connectivity index (χ0v) is 50.1. The molecule has 0 saturated carbocycles. The van der Waals surface area contributed by atoms with Crippen molar-refractivity contribution in [2.45, 2.75) is 11.8 Å². The second kappa shape index (κ2) is 20.9. The minimum absolute atomic E-state index is 0.230. The van der Waals surface area contributed by atoms with Gasteiger partial charge in [-0.3, -0.25) is 0 Å². The minimum Gasteiger partial charge on any atom is -0.247 e. The Morgan fingerprint density at radius 2 is 0.609 bits per heavy atom.